The zero-order chi connectivity index (χ0) is 21.2. The van der Waals surface area contributed by atoms with E-state index in [0.717, 1.165) is 18.7 Å². The minimum Gasteiger partial charge on any atom is -0.368 e. The Morgan fingerprint density at radius 2 is 2.07 bits per heavy atom. The van der Waals surface area contributed by atoms with Gasteiger partial charge in [-0.15, -0.1) is 0 Å². The maximum atomic E-state index is 11.3. The van der Waals surface area contributed by atoms with Gasteiger partial charge in [0.25, 0.3) is 0 Å². The van der Waals surface area contributed by atoms with Gasteiger partial charge < -0.3 is 21.3 Å². The van der Waals surface area contributed by atoms with Crippen LogP contribution in [0.3, 0.4) is 0 Å². The van der Waals surface area contributed by atoms with Crippen molar-refractivity contribution in [2.24, 2.45) is 0 Å². The SMILES string of the molecule is C=CC(=O)Nc1cccc(CNc2nc(N)ncc2Cl)c1.CC(=O)N1CCCC1. The van der Waals surface area contributed by atoms with Crippen molar-refractivity contribution in [2.75, 3.05) is 29.5 Å². The van der Waals surface area contributed by atoms with Gasteiger partial charge in [0.15, 0.2) is 5.82 Å². The average Bonchev–Trinajstić information content (AvgIpc) is 3.25. The van der Waals surface area contributed by atoms with Crippen molar-refractivity contribution in [1.82, 2.24) is 14.9 Å². The first-order chi connectivity index (χ1) is 13.9. The van der Waals surface area contributed by atoms with Gasteiger partial charge in [-0.05, 0) is 36.6 Å². The van der Waals surface area contributed by atoms with Crippen LogP contribution in [0.1, 0.15) is 25.3 Å². The molecule has 4 N–H and O–H groups in total. The van der Waals surface area contributed by atoms with E-state index < -0.39 is 0 Å². The van der Waals surface area contributed by atoms with Crippen molar-refractivity contribution >= 4 is 40.9 Å². The second-order valence-electron chi connectivity index (χ2n) is 6.39. The van der Waals surface area contributed by atoms with Crippen molar-refractivity contribution in [3.8, 4) is 0 Å². The van der Waals surface area contributed by atoms with Crippen molar-refractivity contribution in [1.29, 1.82) is 0 Å². The molecule has 2 heterocycles. The van der Waals surface area contributed by atoms with Crippen LogP contribution < -0.4 is 16.4 Å². The summed E-state index contributed by atoms with van der Waals surface area (Å²) in [4.78, 5) is 31.5. The molecule has 0 radical (unpaired) electrons. The lowest BCUT2D eigenvalue weighted by molar-refractivity contribution is -0.127. The number of anilines is 3. The number of aromatic nitrogens is 2. The number of nitrogens with one attached hydrogen (secondary N) is 2. The number of benzene rings is 1. The Morgan fingerprint density at radius 3 is 2.69 bits per heavy atom. The quantitative estimate of drug-likeness (QED) is 0.645. The molecule has 1 aliphatic heterocycles. The highest BCUT2D eigenvalue weighted by atomic mass is 35.5. The molecule has 0 spiro atoms. The first kappa shape index (κ1) is 22.2. The van der Waals surface area contributed by atoms with Gasteiger partial charge in [0.2, 0.25) is 17.8 Å². The first-order valence-electron chi connectivity index (χ1n) is 9.19. The zero-order valence-electron chi connectivity index (χ0n) is 16.3. The molecule has 1 fully saturated rings. The van der Waals surface area contributed by atoms with E-state index in [0.29, 0.717) is 23.1 Å². The van der Waals surface area contributed by atoms with E-state index in [1.54, 1.807) is 13.0 Å². The molecule has 1 saturated heterocycles. The third kappa shape index (κ3) is 7.42. The molecule has 1 aromatic heterocycles. The Balaban J connectivity index is 0.000000313. The third-order valence-corrected chi connectivity index (χ3v) is 4.43. The summed E-state index contributed by atoms with van der Waals surface area (Å²) in [6.45, 7) is 7.48. The number of hydrogen-bond acceptors (Lipinski definition) is 6. The van der Waals surface area contributed by atoms with E-state index in [1.807, 2.05) is 23.1 Å². The van der Waals surface area contributed by atoms with Gasteiger partial charge in [-0.25, -0.2) is 4.98 Å². The van der Waals surface area contributed by atoms with Crippen molar-refractivity contribution in [3.05, 3.63) is 53.7 Å². The van der Waals surface area contributed by atoms with Gasteiger partial charge in [-0.3, -0.25) is 9.59 Å². The number of carbonyl (C=O) groups is 2. The largest absolute Gasteiger partial charge is 0.368 e. The maximum absolute atomic E-state index is 11.3. The summed E-state index contributed by atoms with van der Waals surface area (Å²) in [5, 5.41) is 6.15. The van der Waals surface area contributed by atoms with E-state index in [9.17, 15) is 9.59 Å². The molecule has 1 aliphatic rings. The average molecular weight is 417 g/mol. The number of rotatable bonds is 5. The molecular weight excluding hydrogens is 392 g/mol. The van der Waals surface area contributed by atoms with Gasteiger partial charge in [-0.1, -0.05) is 30.3 Å². The topological polar surface area (TPSA) is 113 Å². The van der Waals surface area contributed by atoms with E-state index in [1.165, 1.54) is 25.1 Å². The molecule has 0 aliphatic carbocycles. The van der Waals surface area contributed by atoms with Crippen LogP contribution in [-0.2, 0) is 16.1 Å². The summed E-state index contributed by atoms with van der Waals surface area (Å²) in [6.07, 6.45) is 5.04. The molecule has 0 unspecified atom stereocenters. The van der Waals surface area contributed by atoms with Gasteiger partial charge in [0.05, 0.1) is 6.20 Å². The van der Waals surface area contributed by atoms with Gasteiger partial charge >= 0.3 is 0 Å². The predicted octanol–water partition coefficient (Wildman–Crippen LogP) is 3.08. The first-order valence-corrected chi connectivity index (χ1v) is 9.56. The molecular formula is C20H25ClN6O2. The molecule has 9 heteroatoms. The molecule has 0 bridgehead atoms. The Bertz CT molecular complexity index is 868. The second kappa shape index (κ2) is 11.0. The Kier molecular flexibility index (Phi) is 8.42. The van der Waals surface area contributed by atoms with Crippen molar-refractivity contribution in [2.45, 2.75) is 26.3 Å². The van der Waals surface area contributed by atoms with Gasteiger partial charge in [0.1, 0.15) is 5.02 Å². The Hall–Kier alpha value is -3.13. The smallest absolute Gasteiger partial charge is 0.247 e. The molecule has 3 rings (SSSR count). The number of hydrogen-bond donors (Lipinski definition) is 3. The van der Waals surface area contributed by atoms with E-state index in [-0.39, 0.29) is 17.8 Å². The number of nitrogen functional groups attached to an aromatic ring is 1. The molecule has 2 aromatic rings. The molecule has 1 aromatic carbocycles. The number of likely N-dealkylation sites (tertiary alicyclic amines) is 1. The van der Waals surface area contributed by atoms with Crippen molar-refractivity contribution in [3.63, 3.8) is 0 Å². The summed E-state index contributed by atoms with van der Waals surface area (Å²) >= 11 is 5.97. The minimum absolute atomic E-state index is 0.147. The third-order valence-electron chi connectivity index (χ3n) is 4.15. The van der Waals surface area contributed by atoms with Gasteiger partial charge in [-0.2, -0.15) is 4.98 Å². The summed E-state index contributed by atoms with van der Waals surface area (Å²) < 4.78 is 0. The normalized spacial score (nSPS) is 12.6. The summed E-state index contributed by atoms with van der Waals surface area (Å²) in [6, 6.07) is 7.38. The Morgan fingerprint density at radius 1 is 1.34 bits per heavy atom. The fourth-order valence-corrected chi connectivity index (χ4v) is 2.83. The van der Waals surface area contributed by atoms with Crippen LogP contribution in [0.15, 0.2) is 43.1 Å². The molecule has 8 nitrogen and oxygen atoms in total. The molecule has 0 saturated carbocycles. The number of nitrogens with zero attached hydrogens (tertiary/aromatic N) is 3. The highest BCUT2D eigenvalue weighted by molar-refractivity contribution is 6.32. The van der Waals surface area contributed by atoms with Crippen LogP contribution in [0.2, 0.25) is 5.02 Å². The van der Waals surface area contributed by atoms with Crippen LogP contribution in [0.25, 0.3) is 0 Å². The van der Waals surface area contributed by atoms with Crippen LogP contribution >= 0.6 is 11.6 Å². The van der Waals surface area contributed by atoms with E-state index in [4.69, 9.17) is 17.3 Å². The maximum Gasteiger partial charge on any atom is 0.247 e. The summed E-state index contributed by atoms with van der Waals surface area (Å²) in [5.41, 5.74) is 7.15. The number of amides is 2. The molecule has 2 amide bonds. The lowest BCUT2D eigenvalue weighted by atomic mass is 10.2. The minimum atomic E-state index is -0.258. The lowest BCUT2D eigenvalue weighted by Crippen LogP contribution is -2.24. The number of carbonyl (C=O) groups excluding carboxylic acids is 2. The monoisotopic (exact) mass is 416 g/mol. The molecule has 154 valence electrons. The highest BCUT2D eigenvalue weighted by Crippen LogP contribution is 2.20. The van der Waals surface area contributed by atoms with E-state index in [2.05, 4.69) is 27.2 Å². The van der Waals surface area contributed by atoms with Crippen LogP contribution in [0.5, 0.6) is 0 Å². The van der Waals surface area contributed by atoms with Crippen LogP contribution in [0, 0.1) is 0 Å². The Labute approximate surface area is 175 Å². The fraction of sp³-hybridized carbons (Fsp3) is 0.300. The summed E-state index contributed by atoms with van der Waals surface area (Å²) in [7, 11) is 0. The lowest BCUT2D eigenvalue weighted by Gasteiger charge is -2.10. The van der Waals surface area contributed by atoms with Crippen LogP contribution in [0.4, 0.5) is 17.5 Å². The van der Waals surface area contributed by atoms with Gasteiger partial charge in [0, 0.05) is 32.2 Å². The second-order valence-corrected chi connectivity index (χ2v) is 6.79. The number of halogens is 1. The summed E-state index contributed by atoms with van der Waals surface area (Å²) in [5.74, 6) is 0.577. The molecule has 0 atom stereocenters. The zero-order valence-corrected chi connectivity index (χ0v) is 17.1. The molecule has 29 heavy (non-hydrogen) atoms. The fourth-order valence-electron chi connectivity index (χ4n) is 2.67. The predicted molar refractivity (Wildman–Crippen MR) is 116 cm³/mol. The highest BCUT2D eigenvalue weighted by Gasteiger charge is 2.12. The van der Waals surface area contributed by atoms with Crippen molar-refractivity contribution < 1.29 is 9.59 Å². The van der Waals surface area contributed by atoms with Crippen LogP contribution in [-0.4, -0.2) is 39.8 Å². The standard InChI is InChI=1S/C14H14ClN5O.C6H11NO/c1-2-12(21)19-10-5-3-4-9(6-10)7-17-13-11(15)8-18-14(16)20-13;1-6(8)7-4-2-3-5-7/h2-6,8H,1,7H2,(H,19,21)(H3,16,17,18,20);2-5H2,1H3. The van der Waals surface area contributed by atoms with E-state index >= 15 is 0 Å². The number of nitrogens with two attached hydrogens (primary N) is 1.